The van der Waals surface area contributed by atoms with Crippen LogP contribution in [0.3, 0.4) is 0 Å². The summed E-state index contributed by atoms with van der Waals surface area (Å²) >= 11 is 0. The van der Waals surface area contributed by atoms with Gasteiger partial charge in [-0.05, 0) is 100.0 Å². The maximum atomic E-state index is 10.3. The fourth-order valence-electron chi connectivity index (χ4n) is 6.50. The van der Waals surface area contributed by atoms with Gasteiger partial charge in [0.1, 0.15) is 11.2 Å². The van der Waals surface area contributed by atoms with Gasteiger partial charge >= 0.3 is 0 Å². The first kappa shape index (κ1) is 11.7. The molecule has 0 aliphatic carbocycles. The number of rotatable bonds is 3. The Morgan fingerprint density at radius 1 is 0.333 bits per heavy atom. The predicted molar refractivity (Wildman–Crippen MR) is 218 cm³/mol. The average molecular weight is 677 g/mol. The van der Waals surface area contributed by atoms with Crippen molar-refractivity contribution in [3.05, 3.63) is 181 Å². The highest BCUT2D eigenvalue weighted by Gasteiger charge is 2.22. The van der Waals surface area contributed by atoms with Crippen LogP contribution in [0.1, 0.15) is 41.1 Å². The normalized spacial score (nSPS) is 20.2. The van der Waals surface area contributed by atoms with Crippen LogP contribution >= 0.6 is 0 Å². The van der Waals surface area contributed by atoms with Crippen LogP contribution in [0.2, 0.25) is 0 Å². The second kappa shape index (κ2) is 10.9. The van der Waals surface area contributed by atoms with E-state index in [1.54, 1.807) is 0 Å². The second-order valence-corrected chi connectivity index (χ2v) is 11.3. The zero-order valence-electron chi connectivity index (χ0n) is 55.4. The Balaban J connectivity index is 1.55. The minimum absolute atomic E-state index is 0.517. The molecule has 11 aromatic rings. The molecule has 0 N–H and O–H groups in total. The van der Waals surface area contributed by atoms with E-state index in [0.29, 0.717) is 0 Å². The van der Waals surface area contributed by atoms with Crippen molar-refractivity contribution in [2.24, 2.45) is 0 Å². The van der Waals surface area contributed by atoms with Gasteiger partial charge in [0, 0.05) is 16.2 Å². The molecule has 236 valence electrons. The molecule has 0 saturated carbocycles. The largest absolute Gasteiger partial charge is 0.455 e. The van der Waals surface area contributed by atoms with E-state index in [-0.39, 0.29) is 0 Å². The Kier molecular flexibility index (Phi) is 2.50. The molecule has 0 radical (unpaired) electrons. The molecule has 1 heteroatoms. The molecule has 0 fully saturated rings. The number of benzene rings is 10. The van der Waals surface area contributed by atoms with E-state index >= 15 is 0 Å². The molecule has 0 aliphatic heterocycles. The van der Waals surface area contributed by atoms with Crippen LogP contribution < -0.4 is 0 Å². The van der Waals surface area contributed by atoms with Crippen LogP contribution in [0.5, 0.6) is 0 Å². The number of furan rings is 1. The second-order valence-electron chi connectivity index (χ2n) is 11.3. The van der Waals surface area contributed by atoms with Crippen molar-refractivity contribution in [3.63, 3.8) is 0 Å². The van der Waals surface area contributed by atoms with E-state index in [4.69, 9.17) is 25.0 Å². The lowest BCUT2D eigenvalue weighted by atomic mass is 9.82. The molecule has 0 saturated heterocycles. The molecule has 1 nitrogen and oxygen atoms in total. The third-order valence-corrected chi connectivity index (χ3v) is 8.62. The summed E-state index contributed by atoms with van der Waals surface area (Å²) in [5, 5.41) is -8.28. The Bertz CT molecular complexity index is 4900. The first-order chi connectivity index (χ1) is 37.8. The van der Waals surface area contributed by atoms with Gasteiger partial charge < -0.3 is 4.42 Å². The van der Waals surface area contributed by atoms with Crippen molar-refractivity contribution in [1.82, 2.24) is 0 Å². The first-order valence-corrected chi connectivity index (χ1v) is 15.2. The molecule has 10 aromatic carbocycles. The topological polar surface area (TPSA) is 13.1 Å². The van der Waals surface area contributed by atoms with Crippen molar-refractivity contribution < 1.29 is 45.5 Å². The molecule has 1 heterocycles. The lowest BCUT2D eigenvalue weighted by Crippen LogP contribution is -1.93. The predicted octanol–water partition coefficient (Wildman–Crippen LogP) is 14.4. The SMILES string of the molecule is [2H]c1c([2H])c([2H])c(-c2c([2H])c([2H])c3c(-c4c([2H])c([2H])c([2H])c5c4c([2H])c([2H])c4c([2H])c([2H])c([2H])c([2H])c45)c4c([2H])c([2H])c([2H])c([2H])c4c(-c4c([2H])c([2H])c([2H])c5oc6c7c([2H])c([2H])c([2H])c([2H])c7c([2H])c([2H])c6c45)c3c2[2H])c([2H])c1[2H]. The van der Waals surface area contributed by atoms with Crippen LogP contribution in [-0.4, -0.2) is 0 Å². The standard InChI is InChI=1S/C50H30O/c1-2-12-31(13-3-1)34-26-28-42-45(30-34)48(43-22-11-23-46-49(43)44-29-25-33-15-5-7-17-36(33)50(44)51-46)41-19-9-8-18-40(41)47(42)39-21-10-20-37-35-16-6-4-14-32(35)24-27-38(37)39/h1-30H/i1D,2D,3D,4D,5D,6D,7D,8D,9D,10D,11D,12D,13D,14D,15D,16D,17D,18D,19D,20D,21D,22D,23D,24D,25D,26D,27D,28D,29D,30D. The van der Waals surface area contributed by atoms with Gasteiger partial charge in [0.2, 0.25) is 0 Å². The van der Waals surface area contributed by atoms with E-state index in [2.05, 4.69) is 0 Å². The minimum atomic E-state index is -1.15. The molecule has 51 heavy (non-hydrogen) atoms. The van der Waals surface area contributed by atoms with Gasteiger partial charge in [0.25, 0.3) is 0 Å². The van der Waals surface area contributed by atoms with Gasteiger partial charge in [0.15, 0.2) is 0 Å². The number of hydrogen-bond donors (Lipinski definition) is 0. The Morgan fingerprint density at radius 3 is 1.71 bits per heavy atom. The number of hydrogen-bond acceptors (Lipinski definition) is 1. The third-order valence-electron chi connectivity index (χ3n) is 8.62. The summed E-state index contributed by atoms with van der Waals surface area (Å²) in [6, 6.07) is -29.1. The lowest BCUT2D eigenvalue weighted by Gasteiger charge is -2.20. The highest BCUT2D eigenvalue weighted by molar-refractivity contribution is 6.29. The van der Waals surface area contributed by atoms with Crippen LogP contribution in [0.25, 0.3) is 109 Å². The van der Waals surface area contributed by atoms with Gasteiger partial charge in [-0.25, -0.2) is 0 Å². The summed E-state index contributed by atoms with van der Waals surface area (Å²) in [6.45, 7) is 0. The molecular formula is C50H30O. The van der Waals surface area contributed by atoms with E-state index in [9.17, 15) is 20.6 Å². The first-order valence-electron chi connectivity index (χ1n) is 30.2. The van der Waals surface area contributed by atoms with Gasteiger partial charge in [-0.1, -0.05) is 163 Å². The fraction of sp³-hybridized carbons (Fsp3) is 0. The monoisotopic (exact) mass is 676 g/mol. The van der Waals surface area contributed by atoms with E-state index in [0.717, 1.165) is 0 Å². The van der Waals surface area contributed by atoms with Crippen LogP contribution in [0.4, 0.5) is 0 Å². The zero-order chi connectivity index (χ0) is 59.6. The van der Waals surface area contributed by atoms with Crippen LogP contribution in [0, 0.1) is 0 Å². The smallest absolute Gasteiger partial charge is 0.143 e. The van der Waals surface area contributed by atoms with Crippen molar-refractivity contribution in [3.8, 4) is 33.4 Å². The average Bonchev–Trinajstić information content (AvgIpc) is 2.34. The molecule has 0 atom stereocenters. The summed E-state index contributed by atoms with van der Waals surface area (Å²) in [6.07, 6.45) is 0. The molecule has 11 rings (SSSR count). The van der Waals surface area contributed by atoms with Crippen molar-refractivity contribution in [2.75, 3.05) is 0 Å². The molecule has 1 aromatic heterocycles. The zero-order valence-corrected chi connectivity index (χ0v) is 25.4. The number of fused-ring (bicyclic) bond motifs is 10. The Morgan fingerprint density at radius 2 is 0.902 bits per heavy atom. The molecule has 0 aliphatic rings. The van der Waals surface area contributed by atoms with Crippen LogP contribution in [-0.2, 0) is 0 Å². The van der Waals surface area contributed by atoms with Gasteiger partial charge in [-0.15, -0.1) is 0 Å². The van der Waals surface area contributed by atoms with Gasteiger partial charge in [-0.3, -0.25) is 0 Å². The maximum Gasteiger partial charge on any atom is 0.143 e. The van der Waals surface area contributed by atoms with Gasteiger partial charge in [-0.2, -0.15) is 0 Å². The molecule has 0 amide bonds. The summed E-state index contributed by atoms with van der Waals surface area (Å²) < 4.78 is 281. The van der Waals surface area contributed by atoms with Gasteiger partial charge in [0.05, 0.1) is 41.1 Å². The molecule has 0 unspecified atom stereocenters. The lowest BCUT2D eigenvalue weighted by molar-refractivity contribution is 0.673. The summed E-state index contributed by atoms with van der Waals surface area (Å²) in [5.41, 5.74) is -6.42. The van der Waals surface area contributed by atoms with Crippen molar-refractivity contribution in [1.29, 1.82) is 0 Å². The van der Waals surface area contributed by atoms with Crippen molar-refractivity contribution in [2.45, 2.75) is 0 Å². The third kappa shape index (κ3) is 4.16. The summed E-state index contributed by atoms with van der Waals surface area (Å²) in [4.78, 5) is 0. The van der Waals surface area contributed by atoms with E-state index in [1.807, 2.05) is 0 Å². The molecular weight excluding hydrogens is 617 g/mol. The van der Waals surface area contributed by atoms with E-state index < -0.39 is 290 Å². The summed E-state index contributed by atoms with van der Waals surface area (Å²) in [5.74, 6) is 0. The van der Waals surface area contributed by atoms with Crippen LogP contribution in [0.15, 0.2) is 186 Å². The highest BCUT2D eigenvalue weighted by Crippen LogP contribution is 2.49. The minimum Gasteiger partial charge on any atom is -0.455 e. The summed E-state index contributed by atoms with van der Waals surface area (Å²) in [7, 11) is 0. The molecule has 0 bridgehead atoms. The quantitative estimate of drug-likeness (QED) is 0.134. The maximum absolute atomic E-state index is 10.3. The Hall–Kier alpha value is -6.70. The van der Waals surface area contributed by atoms with Crippen molar-refractivity contribution >= 4 is 75.8 Å². The highest BCUT2D eigenvalue weighted by atomic mass is 16.3. The van der Waals surface area contributed by atoms with E-state index in [1.165, 1.54) is 0 Å². The fourth-order valence-corrected chi connectivity index (χ4v) is 6.50. The molecule has 0 spiro atoms. The Labute approximate surface area is 336 Å².